The number of hydrogen-bond donors (Lipinski definition) is 2. The molecule has 4 heteroatoms. The highest BCUT2D eigenvalue weighted by Crippen LogP contribution is 2.28. The number of carbonyl (C=O) groups is 1. The van der Waals surface area contributed by atoms with Gasteiger partial charge in [0, 0.05) is 5.69 Å². The Morgan fingerprint density at radius 3 is 2.61 bits per heavy atom. The second kappa shape index (κ2) is 6.82. The minimum Gasteiger partial charge on any atom is -0.374 e. The number of hydrogen-bond acceptors (Lipinski definition) is 2. The van der Waals surface area contributed by atoms with Gasteiger partial charge in [-0.1, -0.05) is 24.3 Å². The average Bonchev–Trinajstić information content (AvgIpc) is 2.57. The van der Waals surface area contributed by atoms with Crippen molar-refractivity contribution >= 4 is 17.3 Å². The fourth-order valence-electron chi connectivity index (χ4n) is 3.02. The summed E-state index contributed by atoms with van der Waals surface area (Å²) in [6, 6.07) is 11.9. The van der Waals surface area contributed by atoms with Gasteiger partial charge in [0.15, 0.2) is 0 Å². The van der Waals surface area contributed by atoms with Crippen LogP contribution in [0.2, 0.25) is 0 Å². The molecular formula is C19H21FN2O. The Bertz CT molecular complexity index is 714. The molecule has 0 saturated carbocycles. The maximum Gasteiger partial charge on any atom is 0.246 e. The second-order valence-corrected chi connectivity index (χ2v) is 5.99. The van der Waals surface area contributed by atoms with Crippen LogP contribution < -0.4 is 10.6 Å². The fourth-order valence-corrected chi connectivity index (χ4v) is 3.02. The molecule has 3 nitrogen and oxygen atoms in total. The summed E-state index contributed by atoms with van der Waals surface area (Å²) in [6.07, 6.45) is 4.54. The Kier molecular flexibility index (Phi) is 4.60. The number of benzene rings is 2. The number of anilines is 2. The first kappa shape index (κ1) is 15.5. The van der Waals surface area contributed by atoms with E-state index in [-0.39, 0.29) is 11.6 Å². The molecule has 0 saturated heterocycles. The van der Waals surface area contributed by atoms with Crippen molar-refractivity contribution in [1.82, 2.24) is 0 Å². The number of rotatable bonds is 4. The third kappa shape index (κ3) is 3.52. The monoisotopic (exact) mass is 312 g/mol. The SMILES string of the molecule is C[C@@H](Nc1cccc2c1CCCC2)C(=O)Nc1ccccc1F. The zero-order valence-corrected chi connectivity index (χ0v) is 13.2. The van der Waals surface area contributed by atoms with Crippen LogP contribution in [0.4, 0.5) is 15.8 Å². The van der Waals surface area contributed by atoms with E-state index in [1.165, 1.54) is 30.0 Å². The van der Waals surface area contributed by atoms with E-state index in [0.29, 0.717) is 0 Å². The Labute approximate surface area is 135 Å². The Balaban J connectivity index is 1.71. The fraction of sp³-hybridized carbons (Fsp3) is 0.316. The molecule has 0 fully saturated rings. The highest BCUT2D eigenvalue weighted by Gasteiger charge is 2.18. The third-order valence-corrected chi connectivity index (χ3v) is 4.29. The van der Waals surface area contributed by atoms with Crippen LogP contribution >= 0.6 is 0 Å². The van der Waals surface area contributed by atoms with Crippen molar-refractivity contribution in [3.63, 3.8) is 0 Å². The number of fused-ring (bicyclic) bond motifs is 1. The van der Waals surface area contributed by atoms with Crippen molar-refractivity contribution in [3.8, 4) is 0 Å². The molecule has 1 amide bonds. The lowest BCUT2D eigenvalue weighted by atomic mass is 9.90. The molecule has 23 heavy (non-hydrogen) atoms. The highest BCUT2D eigenvalue weighted by atomic mass is 19.1. The van der Waals surface area contributed by atoms with Gasteiger partial charge in [0.25, 0.3) is 0 Å². The first-order valence-corrected chi connectivity index (χ1v) is 8.08. The molecule has 0 heterocycles. The smallest absolute Gasteiger partial charge is 0.246 e. The van der Waals surface area contributed by atoms with E-state index < -0.39 is 11.9 Å². The number of amides is 1. The molecule has 3 rings (SSSR count). The quantitative estimate of drug-likeness (QED) is 0.890. The lowest BCUT2D eigenvalue weighted by Crippen LogP contribution is -2.32. The van der Waals surface area contributed by atoms with E-state index in [2.05, 4.69) is 16.7 Å². The van der Waals surface area contributed by atoms with E-state index in [4.69, 9.17) is 0 Å². The van der Waals surface area contributed by atoms with Crippen LogP contribution in [-0.2, 0) is 17.6 Å². The standard InChI is InChI=1S/C19H21FN2O/c1-13(19(23)22-18-11-5-4-10-16(18)20)21-17-12-6-8-14-7-2-3-9-15(14)17/h4-6,8,10-13,21H,2-3,7,9H2,1H3,(H,22,23)/t13-/m1/s1. The number of halogens is 1. The summed E-state index contributed by atoms with van der Waals surface area (Å²) in [5.74, 6) is -0.673. The molecule has 2 aromatic rings. The highest BCUT2D eigenvalue weighted by molar-refractivity contribution is 5.96. The average molecular weight is 312 g/mol. The van der Waals surface area contributed by atoms with Gasteiger partial charge in [-0.3, -0.25) is 4.79 Å². The molecule has 1 aliphatic carbocycles. The summed E-state index contributed by atoms with van der Waals surface area (Å²) in [7, 11) is 0. The van der Waals surface area contributed by atoms with Crippen LogP contribution in [0, 0.1) is 5.82 Å². The van der Waals surface area contributed by atoms with E-state index in [9.17, 15) is 9.18 Å². The molecule has 0 unspecified atom stereocenters. The topological polar surface area (TPSA) is 41.1 Å². The molecule has 2 N–H and O–H groups in total. The predicted molar refractivity (Wildman–Crippen MR) is 91.2 cm³/mol. The summed E-state index contributed by atoms with van der Waals surface area (Å²) in [5, 5.41) is 5.91. The Hall–Kier alpha value is -2.36. The lowest BCUT2D eigenvalue weighted by Gasteiger charge is -2.22. The molecule has 0 aromatic heterocycles. The number of para-hydroxylation sites is 1. The third-order valence-electron chi connectivity index (χ3n) is 4.29. The maximum atomic E-state index is 13.6. The van der Waals surface area contributed by atoms with Crippen molar-refractivity contribution in [2.45, 2.75) is 38.6 Å². The number of carbonyl (C=O) groups excluding carboxylic acids is 1. The van der Waals surface area contributed by atoms with Gasteiger partial charge in [-0.15, -0.1) is 0 Å². The molecule has 1 aliphatic rings. The molecule has 0 bridgehead atoms. The van der Waals surface area contributed by atoms with E-state index in [1.807, 2.05) is 12.1 Å². The minimum atomic E-state index is -0.442. The molecule has 0 spiro atoms. The molecular weight excluding hydrogens is 291 g/mol. The summed E-state index contributed by atoms with van der Waals surface area (Å²) in [5.41, 5.74) is 3.90. The van der Waals surface area contributed by atoms with Crippen LogP contribution in [0.3, 0.4) is 0 Å². The molecule has 0 aliphatic heterocycles. The van der Waals surface area contributed by atoms with Crippen LogP contribution in [0.1, 0.15) is 30.9 Å². The first-order chi connectivity index (χ1) is 11.1. The van der Waals surface area contributed by atoms with Crippen molar-refractivity contribution in [3.05, 3.63) is 59.4 Å². The number of aryl methyl sites for hydroxylation is 1. The summed E-state index contributed by atoms with van der Waals surface area (Å²) in [6.45, 7) is 1.79. The van der Waals surface area contributed by atoms with Crippen molar-refractivity contribution < 1.29 is 9.18 Å². The van der Waals surface area contributed by atoms with Crippen LogP contribution in [0.5, 0.6) is 0 Å². The normalized spacial score (nSPS) is 14.7. The first-order valence-electron chi connectivity index (χ1n) is 8.08. The molecule has 0 radical (unpaired) electrons. The van der Waals surface area contributed by atoms with Gasteiger partial charge in [-0.25, -0.2) is 4.39 Å². The van der Waals surface area contributed by atoms with Crippen LogP contribution in [-0.4, -0.2) is 11.9 Å². The summed E-state index contributed by atoms with van der Waals surface area (Å²) in [4.78, 5) is 12.3. The number of nitrogens with one attached hydrogen (secondary N) is 2. The summed E-state index contributed by atoms with van der Waals surface area (Å²) >= 11 is 0. The second-order valence-electron chi connectivity index (χ2n) is 5.99. The predicted octanol–water partition coefficient (Wildman–Crippen LogP) is 4.14. The molecule has 1 atom stereocenters. The Morgan fingerprint density at radius 1 is 1.04 bits per heavy atom. The van der Waals surface area contributed by atoms with Crippen molar-refractivity contribution in [1.29, 1.82) is 0 Å². The lowest BCUT2D eigenvalue weighted by molar-refractivity contribution is -0.116. The van der Waals surface area contributed by atoms with E-state index >= 15 is 0 Å². The van der Waals surface area contributed by atoms with Crippen molar-refractivity contribution in [2.75, 3.05) is 10.6 Å². The van der Waals surface area contributed by atoms with E-state index in [0.717, 1.165) is 18.5 Å². The zero-order valence-electron chi connectivity index (χ0n) is 13.2. The minimum absolute atomic E-state index is 0.209. The van der Waals surface area contributed by atoms with Crippen LogP contribution in [0.25, 0.3) is 0 Å². The van der Waals surface area contributed by atoms with Gasteiger partial charge in [0.05, 0.1) is 5.69 Å². The van der Waals surface area contributed by atoms with Gasteiger partial charge in [-0.2, -0.15) is 0 Å². The zero-order chi connectivity index (χ0) is 16.2. The molecule has 2 aromatic carbocycles. The summed E-state index contributed by atoms with van der Waals surface area (Å²) < 4.78 is 13.6. The molecule has 120 valence electrons. The van der Waals surface area contributed by atoms with Crippen LogP contribution in [0.15, 0.2) is 42.5 Å². The van der Waals surface area contributed by atoms with Gasteiger partial charge >= 0.3 is 0 Å². The van der Waals surface area contributed by atoms with Gasteiger partial charge in [-0.05, 0) is 61.9 Å². The van der Waals surface area contributed by atoms with Gasteiger partial charge < -0.3 is 10.6 Å². The van der Waals surface area contributed by atoms with Crippen molar-refractivity contribution in [2.24, 2.45) is 0 Å². The van der Waals surface area contributed by atoms with E-state index in [1.54, 1.807) is 25.1 Å². The Morgan fingerprint density at radius 2 is 1.78 bits per heavy atom. The largest absolute Gasteiger partial charge is 0.374 e. The maximum absolute atomic E-state index is 13.6. The van der Waals surface area contributed by atoms with Gasteiger partial charge in [0.2, 0.25) is 5.91 Å². The van der Waals surface area contributed by atoms with Gasteiger partial charge in [0.1, 0.15) is 11.9 Å².